The molecule has 21 heavy (non-hydrogen) atoms. The molecule has 6 heteroatoms. The molecule has 2 aromatic rings. The highest BCUT2D eigenvalue weighted by atomic mass is 32.2. The van der Waals surface area contributed by atoms with Crippen molar-refractivity contribution in [1.29, 1.82) is 0 Å². The molecule has 0 aliphatic carbocycles. The SMILES string of the molecule is Cc1ccc(NS(=O)(=O)c2ccc(N)cc2)cc1N(C)C. The fraction of sp³-hybridized carbons (Fsp3) is 0.200. The summed E-state index contributed by atoms with van der Waals surface area (Å²) in [6.07, 6.45) is 0. The van der Waals surface area contributed by atoms with Gasteiger partial charge in [-0.3, -0.25) is 4.72 Å². The van der Waals surface area contributed by atoms with Gasteiger partial charge in [-0.1, -0.05) is 6.07 Å². The van der Waals surface area contributed by atoms with Crippen LogP contribution in [0, 0.1) is 6.92 Å². The Balaban J connectivity index is 2.33. The molecule has 0 heterocycles. The van der Waals surface area contributed by atoms with E-state index in [1.807, 2.05) is 38.1 Å². The Morgan fingerprint density at radius 2 is 1.67 bits per heavy atom. The van der Waals surface area contributed by atoms with Gasteiger partial charge in [0.25, 0.3) is 10.0 Å². The molecule has 112 valence electrons. The van der Waals surface area contributed by atoms with Crippen molar-refractivity contribution in [2.75, 3.05) is 29.5 Å². The maximum atomic E-state index is 12.3. The van der Waals surface area contributed by atoms with Gasteiger partial charge in [0.15, 0.2) is 0 Å². The summed E-state index contributed by atoms with van der Waals surface area (Å²) in [5, 5.41) is 0. The number of hydrogen-bond donors (Lipinski definition) is 2. The van der Waals surface area contributed by atoms with E-state index < -0.39 is 10.0 Å². The summed E-state index contributed by atoms with van der Waals surface area (Å²) >= 11 is 0. The lowest BCUT2D eigenvalue weighted by Crippen LogP contribution is -2.15. The molecule has 2 aromatic carbocycles. The van der Waals surface area contributed by atoms with Gasteiger partial charge in [-0.25, -0.2) is 8.42 Å². The topological polar surface area (TPSA) is 75.4 Å². The Morgan fingerprint density at radius 1 is 1.05 bits per heavy atom. The van der Waals surface area contributed by atoms with Gasteiger partial charge < -0.3 is 10.6 Å². The molecule has 0 saturated heterocycles. The Labute approximate surface area is 125 Å². The number of nitrogens with zero attached hydrogens (tertiary/aromatic N) is 1. The Kier molecular flexibility index (Phi) is 4.09. The van der Waals surface area contributed by atoms with Crippen LogP contribution in [0.15, 0.2) is 47.4 Å². The summed E-state index contributed by atoms with van der Waals surface area (Å²) in [4.78, 5) is 2.12. The van der Waals surface area contributed by atoms with Crippen molar-refractivity contribution >= 4 is 27.1 Å². The molecule has 2 rings (SSSR count). The van der Waals surface area contributed by atoms with E-state index in [4.69, 9.17) is 5.73 Å². The summed E-state index contributed by atoms with van der Waals surface area (Å²) in [5.41, 5.74) is 8.67. The lowest BCUT2D eigenvalue weighted by atomic mass is 10.2. The van der Waals surface area contributed by atoms with Crippen LogP contribution in [0.5, 0.6) is 0 Å². The van der Waals surface area contributed by atoms with Gasteiger partial charge >= 0.3 is 0 Å². The molecular formula is C15H19N3O2S. The Morgan fingerprint density at radius 3 is 2.24 bits per heavy atom. The van der Waals surface area contributed by atoms with Gasteiger partial charge in [0, 0.05) is 25.5 Å². The van der Waals surface area contributed by atoms with Crippen LogP contribution in [0.25, 0.3) is 0 Å². The van der Waals surface area contributed by atoms with Crippen LogP contribution in [0.1, 0.15) is 5.56 Å². The highest BCUT2D eigenvalue weighted by Crippen LogP contribution is 2.24. The van der Waals surface area contributed by atoms with Gasteiger partial charge in [0.1, 0.15) is 0 Å². The predicted octanol–water partition coefficient (Wildman–Crippen LogP) is 2.44. The van der Waals surface area contributed by atoms with Crippen molar-refractivity contribution in [2.45, 2.75) is 11.8 Å². The average molecular weight is 305 g/mol. The Hall–Kier alpha value is -2.21. The standard InChI is InChI=1S/C15H19N3O2S/c1-11-4-7-13(10-15(11)18(2)3)17-21(19,20)14-8-5-12(16)6-9-14/h4-10,17H,16H2,1-3H3. The number of benzene rings is 2. The number of nitrogen functional groups attached to an aromatic ring is 1. The molecule has 0 fully saturated rings. The second-order valence-corrected chi connectivity index (χ2v) is 6.75. The van der Waals surface area contributed by atoms with Gasteiger partial charge in [0.05, 0.1) is 10.6 Å². The number of nitrogens with two attached hydrogens (primary N) is 1. The molecule has 0 aliphatic rings. The van der Waals surface area contributed by atoms with Crippen molar-refractivity contribution < 1.29 is 8.42 Å². The number of hydrogen-bond acceptors (Lipinski definition) is 4. The van der Waals surface area contributed by atoms with Gasteiger partial charge in [-0.15, -0.1) is 0 Å². The minimum Gasteiger partial charge on any atom is -0.399 e. The molecule has 0 saturated carbocycles. The summed E-state index contributed by atoms with van der Waals surface area (Å²) < 4.78 is 27.2. The first-order chi connectivity index (χ1) is 9.79. The van der Waals surface area contributed by atoms with Crippen molar-refractivity contribution in [3.63, 3.8) is 0 Å². The van der Waals surface area contributed by atoms with Crippen LogP contribution in [0.4, 0.5) is 17.1 Å². The molecular weight excluding hydrogens is 286 g/mol. The molecule has 0 aliphatic heterocycles. The first-order valence-corrected chi connectivity index (χ1v) is 7.94. The van der Waals surface area contributed by atoms with Gasteiger partial charge in [-0.2, -0.15) is 0 Å². The zero-order valence-corrected chi connectivity index (χ0v) is 13.1. The minimum absolute atomic E-state index is 0.184. The van der Waals surface area contributed by atoms with Crippen LogP contribution in [0.2, 0.25) is 0 Å². The van der Waals surface area contributed by atoms with Crippen LogP contribution >= 0.6 is 0 Å². The van der Waals surface area contributed by atoms with Gasteiger partial charge in [0.2, 0.25) is 0 Å². The molecule has 0 bridgehead atoms. The molecule has 0 unspecified atom stereocenters. The van der Waals surface area contributed by atoms with Crippen molar-refractivity contribution in [3.05, 3.63) is 48.0 Å². The predicted molar refractivity (Wildman–Crippen MR) is 87.2 cm³/mol. The maximum absolute atomic E-state index is 12.3. The molecule has 0 spiro atoms. The largest absolute Gasteiger partial charge is 0.399 e. The maximum Gasteiger partial charge on any atom is 0.261 e. The third-order valence-electron chi connectivity index (χ3n) is 3.13. The van der Waals surface area contributed by atoms with Crippen LogP contribution in [-0.2, 0) is 10.0 Å². The second-order valence-electron chi connectivity index (χ2n) is 5.07. The van der Waals surface area contributed by atoms with Crippen LogP contribution < -0.4 is 15.4 Å². The number of aryl methyl sites for hydroxylation is 1. The number of nitrogens with one attached hydrogen (secondary N) is 1. The third-order valence-corrected chi connectivity index (χ3v) is 4.53. The zero-order valence-electron chi connectivity index (χ0n) is 12.3. The lowest BCUT2D eigenvalue weighted by Gasteiger charge is -2.17. The molecule has 0 radical (unpaired) electrons. The van der Waals surface area contributed by atoms with Crippen LogP contribution in [-0.4, -0.2) is 22.5 Å². The molecule has 5 nitrogen and oxygen atoms in total. The normalized spacial score (nSPS) is 11.2. The van der Waals surface area contributed by atoms with Gasteiger partial charge in [-0.05, 0) is 48.9 Å². The van der Waals surface area contributed by atoms with E-state index in [9.17, 15) is 8.42 Å². The monoisotopic (exact) mass is 305 g/mol. The highest BCUT2D eigenvalue weighted by molar-refractivity contribution is 7.92. The minimum atomic E-state index is -3.61. The summed E-state index contributed by atoms with van der Waals surface area (Å²) in [5.74, 6) is 0. The first-order valence-electron chi connectivity index (χ1n) is 6.46. The quantitative estimate of drug-likeness (QED) is 0.851. The van der Waals surface area contributed by atoms with E-state index in [0.717, 1.165) is 11.3 Å². The van der Waals surface area contributed by atoms with Crippen molar-refractivity contribution in [2.24, 2.45) is 0 Å². The first kappa shape index (κ1) is 15.2. The van der Waals surface area contributed by atoms with E-state index in [0.29, 0.717) is 11.4 Å². The van der Waals surface area contributed by atoms with E-state index >= 15 is 0 Å². The zero-order chi connectivity index (χ0) is 15.6. The van der Waals surface area contributed by atoms with E-state index in [1.54, 1.807) is 18.2 Å². The summed E-state index contributed by atoms with van der Waals surface area (Å²) in [6.45, 7) is 1.98. The van der Waals surface area contributed by atoms with Crippen molar-refractivity contribution in [3.8, 4) is 0 Å². The second kappa shape index (κ2) is 5.65. The molecule has 3 N–H and O–H groups in total. The lowest BCUT2D eigenvalue weighted by molar-refractivity contribution is 0.601. The Bertz CT molecular complexity index is 738. The summed E-state index contributed by atoms with van der Waals surface area (Å²) in [6, 6.07) is 11.5. The van der Waals surface area contributed by atoms with E-state index in [1.165, 1.54) is 12.1 Å². The number of anilines is 3. The average Bonchev–Trinajstić information content (AvgIpc) is 2.41. The summed E-state index contributed by atoms with van der Waals surface area (Å²) in [7, 11) is 0.225. The fourth-order valence-electron chi connectivity index (χ4n) is 2.02. The van der Waals surface area contributed by atoms with E-state index in [-0.39, 0.29) is 4.90 Å². The molecule has 0 aromatic heterocycles. The smallest absolute Gasteiger partial charge is 0.261 e. The highest BCUT2D eigenvalue weighted by Gasteiger charge is 2.14. The molecule has 0 atom stereocenters. The number of rotatable bonds is 4. The third kappa shape index (κ3) is 3.46. The van der Waals surface area contributed by atoms with Crippen LogP contribution in [0.3, 0.4) is 0 Å². The van der Waals surface area contributed by atoms with Crippen molar-refractivity contribution in [1.82, 2.24) is 0 Å². The fourth-order valence-corrected chi connectivity index (χ4v) is 3.07. The number of sulfonamides is 1. The van der Waals surface area contributed by atoms with E-state index in [2.05, 4.69) is 4.72 Å². The molecule has 0 amide bonds.